The first-order valence-electron chi connectivity index (χ1n) is 4.91. The van der Waals surface area contributed by atoms with Crippen molar-refractivity contribution in [3.05, 3.63) is 47.0 Å². The van der Waals surface area contributed by atoms with Crippen LogP contribution < -0.4 is 0 Å². The van der Waals surface area contributed by atoms with Gasteiger partial charge in [-0.05, 0) is 5.56 Å². The van der Waals surface area contributed by atoms with Gasteiger partial charge in [0.25, 0.3) is 0 Å². The van der Waals surface area contributed by atoms with Crippen molar-refractivity contribution in [2.24, 2.45) is 0 Å². The average molecular weight is 216 g/mol. The van der Waals surface area contributed by atoms with Crippen molar-refractivity contribution in [3.8, 4) is 6.07 Å². The predicted octanol–water partition coefficient (Wildman–Crippen LogP) is 2.60. The van der Waals surface area contributed by atoms with Crippen LogP contribution in [0.1, 0.15) is 5.56 Å². The molecule has 2 nitrogen and oxygen atoms in total. The van der Waals surface area contributed by atoms with E-state index in [0.717, 1.165) is 23.9 Å². The maximum absolute atomic E-state index is 8.64. The van der Waals surface area contributed by atoms with Gasteiger partial charge in [0.05, 0.1) is 11.1 Å². The lowest BCUT2D eigenvalue weighted by Gasteiger charge is -2.18. The summed E-state index contributed by atoms with van der Waals surface area (Å²) in [6.45, 7) is 1.94. The van der Waals surface area contributed by atoms with Gasteiger partial charge >= 0.3 is 0 Å². The number of allylic oxidation sites excluding steroid dienone is 1. The molecule has 0 spiro atoms. The summed E-state index contributed by atoms with van der Waals surface area (Å²) in [6, 6.07) is 12.5. The van der Waals surface area contributed by atoms with E-state index in [1.807, 2.05) is 18.2 Å². The first-order valence-corrected chi connectivity index (χ1v) is 5.90. The fourth-order valence-electron chi connectivity index (χ4n) is 1.61. The molecular weight excluding hydrogens is 204 g/mol. The van der Waals surface area contributed by atoms with Gasteiger partial charge in [0.2, 0.25) is 0 Å². The summed E-state index contributed by atoms with van der Waals surface area (Å²) in [4.78, 5) is 2.25. The van der Waals surface area contributed by atoms with Crippen LogP contribution in [0.4, 0.5) is 0 Å². The Kier molecular flexibility index (Phi) is 3.31. The summed E-state index contributed by atoms with van der Waals surface area (Å²) in [7, 11) is 0. The van der Waals surface area contributed by atoms with Gasteiger partial charge in [-0.2, -0.15) is 5.26 Å². The molecule has 0 radical (unpaired) electrons. The second kappa shape index (κ2) is 4.90. The van der Waals surface area contributed by atoms with Gasteiger partial charge < -0.3 is 4.90 Å². The largest absolute Gasteiger partial charge is 0.361 e. The minimum absolute atomic E-state index is 0.904. The van der Waals surface area contributed by atoms with Gasteiger partial charge in [0, 0.05) is 24.9 Å². The number of nitrogens with zero attached hydrogens (tertiary/aromatic N) is 2. The van der Waals surface area contributed by atoms with E-state index in [1.165, 1.54) is 5.56 Å². The third-order valence-corrected chi connectivity index (χ3v) is 3.39. The average Bonchev–Trinajstić information content (AvgIpc) is 2.68. The topological polar surface area (TPSA) is 27.0 Å². The molecule has 0 N–H and O–H groups in total. The van der Waals surface area contributed by atoms with Crippen LogP contribution in [0.25, 0.3) is 0 Å². The number of rotatable bonds is 2. The van der Waals surface area contributed by atoms with Crippen molar-refractivity contribution in [3.63, 3.8) is 0 Å². The van der Waals surface area contributed by atoms with Crippen LogP contribution in [-0.2, 0) is 6.54 Å². The zero-order chi connectivity index (χ0) is 10.5. The van der Waals surface area contributed by atoms with Gasteiger partial charge in [0.15, 0.2) is 0 Å². The van der Waals surface area contributed by atoms with Gasteiger partial charge in [-0.15, -0.1) is 11.8 Å². The van der Waals surface area contributed by atoms with Crippen molar-refractivity contribution >= 4 is 11.8 Å². The van der Waals surface area contributed by atoms with E-state index in [0.29, 0.717) is 0 Å². The van der Waals surface area contributed by atoms with Crippen LogP contribution >= 0.6 is 11.8 Å². The molecule has 3 heteroatoms. The van der Waals surface area contributed by atoms with Crippen molar-refractivity contribution in [2.45, 2.75) is 6.54 Å². The Hall–Kier alpha value is -1.40. The lowest BCUT2D eigenvalue weighted by atomic mass is 10.2. The first kappa shape index (κ1) is 10.1. The Morgan fingerprint density at radius 2 is 2.20 bits per heavy atom. The summed E-state index contributed by atoms with van der Waals surface area (Å²) in [5, 5.41) is 9.74. The molecule has 76 valence electrons. The zero-order valence-electron chi connectivity index (χ0n) is 8.39. The Morgan fingerprint density at radius 1 is 1.40 bits per heavy atom. The number of benzene rings is 1. The molecule has 1 aromatic carbocycles. The molecule has 0 unspecified atom stereocenters. The molecule has 0 bridgehead atoms. The second-order valence-electron chi connectivity index (χ2n) is 3.37. The third-order valence-electron chi connectivity index (χ3n) is 2.33. The summed E-state index contributed by atoms with van der Waals surface area (Å²) in [5.74, 6) is 1.08. The minimum atomic E-state index is 0.904. The van der Waals surface area contributed by atoms with Crippen LogP contribution in [0.3, 0.4) is 0 Å². The maximum Gasteiger partial charge on any atom is 0.0939 e. The molecule has 0 amide bonds. The van der Waals surface area contributed by atoms with E-state index in [1.54, 1.807) is 17.8 Å². The molecule has 0 saturated carbocycles. The van der Waals surface area contributed by atoms with E-state index >= 15 is 0 Å². The molecule has 0 aromatic heterocycles. The summed E-state index contributed by atoms with van der Waals surface area (Å²) in [5.41, 5.74) is 1.30. The van der Waals surface area contributed by atoms with Crippen molar-refractivity contribution in [1.29, 1.82) is 5.26 Å². The lowest BCUT2D eigenvalue weighted by Crippen LogP contribution is -2.17. The monoisotopic (exact) mass is 216 g/mol. The van der Waals surface area contributed by atoms with Crippen LogP contribution in [-0.4, -0.2) is 17.2 Å². The molecule has 0 aliphatic carbocycles. The van der Waals surface area contributed by atoms with Gasteiger partial charge in [0.1, 0.15) is 0 Å². The summed E-state index contributed by atoms with van der Waals surface area (Å²) >= 11 is 1.76. The highest BCUT2D eigenvalue weighted by Gasteiger charge is 2.17. The molecule has 1 saturated heterocycles. The molecule has 1 heterocycles. The van der Waals surface area contributed by atoms with Crippen LogP contribution in [0, 0.1) is 11.3 Å². The molecule has 0 atom stereocenters. The molecule has 15 heavy (non-hydrogen) atoms. The predicted molar refractivity (Wildman–Crippen MR) is 63.0 cm³/mol. The van der Waals surface area contributed by atoms with E-state index < -0.39 is 0 Å². The standard InChI is InChI=1S/C12H12N2S/c13-7-6-12-14(8-9-15-12)10-11-4-2-1-3-5-11/h1-6H,8-10H2/b12-6-. The van der Waals surface area contributed by atoms with Crippen LogP contribution in [0.15, 0.2) is 41.4 Å². The second-order valence-corrected chi connectivity index (χ2v) is 4.48. The van der Waals surface area contributed by atoms with Crippen LogP contribution in [0.2, 0.25) is 0 Å². The maximum atomic E-state index is 8.64. The van der Waals surface area contributed by atoms with Gasteiger partial charge in [-0.1, -0.05) is 30.3 Å². The van der Waals surface area contributed by atoms with Crippen molar-refractivity contribution in [1.82, 2.24) is 4.90 Å². The number of nitriles is 1. The number of hydrogen-bond donors (Lipinski definition) is 0. The Bertz CT molecular complexity index is 392. The van der Waals surface area contributed by atoms with E-state index in [-0.39, 0.29) is 0 Å². The lowest BCUT2D eigenvalue weighted by molar-refractivity contribution is 0.396. The van der Waals surface area contributed by atoms with Gasteiger partial charge in [-0.25, -0.2) is 0 Å². The van der Waals surface area contributed by atoms with Gasteiger partial charge in [-0.3, -0.25) is 0 Å². The third kappa shape index (κ3) is 2.54. The van der Waals surface area contributed by atoms with E-state index in [4.69, 9.17) is 5.26 Å². The fourth-order valence-corrected chi connectivity index (χ4v) is 2.61. The normalized spacial score (nSPS) is 18.1. The quantitative estimate of drug-likeness (QED) is 0.711. The number of thioether (sulfide) groups is 1. The molecular formula is C12H12N2S. The van der Waals surface area contributed by atoms with Crippen molar-refractivity contribution < 1.29 is 0 Å². The minimum Gasteiger partial charge on any atom is -0.361 e. The molecule has 1 aliphatic rings. The summed E-state index contributed by atoms with van der Waals surface area (Å²) < 4.78 is 0. The zero-order valence-corrected chi connectivity index (χ0v) is 9.20. The molecule has 1 aliphatic heterocycles. The number of hydrogen-bond acceptors (Lipinski definition) is 3. The highest BCUT2D eigenvalue weighted by Crippen LogP contribution is 2.28. The fraction of sp³-hybridized carbons (Fsp3) is 0.250. The Morgan fingerprint density at radius 3 is 2.93 bits per heavy atom. The Labute approximate surface area is 94.2 Å². The highest BCUT2D eigenvalue weighted by atomic mass is 32.2. The molecule has 1 aromatic rings. The van der Waals surface area contributed by atoms with E-state index in [2.05, 4.69) is 23.1 Å². The van der Waals surface area contributed by atoms with Crippen LogP contribution in [0.5, 0.6) is 0 Å². The highest BCUT2D eigenvalue weighted by molar-refractivity contribution is 8.03. The smallest absolute Gasteiger partial charge is 0.0939 e. The first-order chi connectivity index (χ1) is 7.40. The molecule has 2 rings (SSSR count). The van der Waals surface area contributed by atoms with Crippen molar-refractivity contribution in [2.75, 3.05) is 12.3 Å². The Balaban J connectivity index is 2.07. The summed E-state index contributed by atoms with van der Waals surface area (Å²) in [6.07, 6.45) is 1.64. The molecule has 1 fully saturated rings. The SMILES string of the molecule is N#C/C=C1\SCCN1Cc1ccccc1. The van der Waals surface area contributed by atoms with E-state index in [9.17, 15) is 0 Å².